The van der Waals surface area contributed by atoms with Crippen molar-refractivity contribution in [3.63, 3.8) is 0 Å². The van der Waals surface area contributed by atoms with Gasteiger partial charge in [0, 0.05) is 25.8 Å². The SMILES string of the molecule is CCC[C@@H](C(=O)NN(CC(=O)Cn1ccnn1)Cc1ccccc1)[C@H](CCCC1CCCCC1)C(=O)NOC1CCCCO1. The van der Waals surface area contributed by atoms with Gasteiger partial charge in [0.1, 0.15) is 6.54 Å². The molecule has 2 fully saturated rings. The fraction of sp³-hybridized carbons (Fsp3) is 0.667. The van der Waals surface area contributed by atoms with Crippen molar-refractivity contribution in [3.8, 4) is 0 Å². The Labute approximate surface area is 261 Å². The second kappa shape index (κ2) is 18.6. The van der Waals surface area contributed by atoms with Crippen LogP contribution in [0, 0.1) is 17.8 Å². The smallest absolute Gasteiger partial charge is 0.247 e. The largest absolute Gasteiger partial charge is 0.350 e. The van der Waals surface area contributed by atoms with E-state index in [-0.39, 0.29) is 30.7 Å². The first-order valence-corrected chi connectivity index (χ1v) is 16.5. The maximum Gasteiger partial charge on any atom is 0.247 e. The summed E-state index contributed by atoms with van der Waals surface area (Å²) in [5.74, 6) is -1.12. The van der Waals surface area contributed by atoms with Crippen LogP contribution < -0.4 is 10.9 Å². The third-order valence-corrected chi connectivity index (χ3v) is 8.70. The molecular formula is C33H50N6O5. The second-order valence-electron chi connectivity index (χ2n) is 12.3. The summed E-state index contributed by atoms with van der Waals surface area (Å²) in [5.41, 5.74) is 6.64. The standard InChI is InChI=1S/C33H50N6O5/c1-2-12-29(30(18-11-17-26-13-5-3-6-14-26)33(42)36-44-31-19-9-10-22-43-31)32(41)35-39(23-27-15-7-4-8-16-27)25-28(40)24-38-21-20-34-37-38/h4,7-8,15-16,20-21,26,29-31H,2-3,5-6,9-14,17-19,22-25H2,1H3,(H,35,41)(H,36,42)/t29-,30+,31?/m1/s1. The van der Waals surface area contributed by atoms with Gasteiger partial charge >= 0.3 is 0 Å². The van der Waals surface area contributed by atoms with Gasteiger partial charge in [-0.3, -0.25) is 19.8 Å². The molecule has 1 aliphatic heterocycles. The first-order chi connectivity index (χ1) is 21.5. The van der Waals surface area contributed by atoms with E-state index in [9.17, 15) is 14.4 Å². The summed E-state index contributed by atoms with van der Waals surface area (Å²) in [6.45, 7) is 3.01. The number of carbonyl (C=O) groups excluding carboxylic acids is 3. The molecule has 3 atom stereocenters. The van der Waals surface area contributed by atoms with Crippen LogP contribution in [0.2, 0.25) is 0 Å². The molecule has 4 rings (SSSR count). The number of ether oxygens (including phenoxy) is 1. The van der Waals surface area contributed by atoms with Gasteiger partial charge in [0.15, 0.2) is 12.1 Å². The Kier molecular flexibility index (Phi) is 14.3. The van der Waals surface area contributed by atoms with Gasteiger partial charge in [-0.05, 0) is 37.2 Å². The average molecular weight is 611 g/mol. The number of nitrogens with one attached hydrogen (secondary N) is 2. The number of hydroxylamine groups is 1. The van der Waals surface area contributed by atoms with Gasteiger partial charge in [0.05, 0.1) is 24.6 Å². The van der Waals surface area contributed by atoms with Gasteiger partial charge in [0.25, 0.3) is 0 Å². The van der Waals surface area contributed by atoms with Crippen LogP contribution in [0.15, 0.2) is 42.7 Å². The maximum atomic E-state index is 14.0. The number of nitrogens with zero attached hydrogens (tertiary/aromatic N) is 4. The molecule has 1 saturated heterocycles. The van der Waals surface area contributed by atoms with E-state index in [1.165, 1.54) is 43.0 Å². The van der Waals surface area contributed by atoms with E-state index in [0.717, 1.165) is 44.1 Å². The lowest BCUT2D eigenvalue weighted by Crippen LogP contribution is -2.50. The van der Waals surface area contributed by atoms with Crippen molar-refractivity contribution in [1.82, 2.24) is 30.9 Å². The minimum atomic E-state index is -0.578. The molecule has 11 nitrogen and oxygen atoms in total. The molecule has 2 amide bonds. The lowest BCUT2D eigenvalue weighted by Gasteiger charge is -2.30. The van der Waals surface area contributed by atoms with Gasteiger partial charge in [-0.1, -0.05) is 93.8 Å². The number of ketones is 1. The molecule has 2 aliphatic rings. The molecule has 242 valence electrons. The van der Waals surface area contributed by atoms with Crippen LogP contribution in [-0.4, -0.2) is 57.0 Å². The molecule has 2 heterocycles. The van der Waals surface area contributed by atoms with Crippen molar-refractivity contribution < 1.29 is 24.0 Å². The van der Waals surface area contributed by atoms with Crippen molar-refractivity contribution >= 4 is 17.6 Å². The number of hydrogen-bond acceptors (Lipinski definition) is 8. The summed E-state index contributed by atoms with van der Waals surface area (Å²) in [4.78, 5) is 46.3. The quantitative estimate of drug-likeness (QED) is 0.232. The number of aromatic nitrogens is 3. The van der Waals surface area contributed by atoms with Gasteiger partial charge < -0.3 is 4.74 Å². The van der Waals surface area contributed by atoms with Crippen LogP contribution in [0.25, 0.3) is 0 Å². The van der Waals surface area contributed by atoms with Crippen LogP contribution in [0.1, 0.15) is 96.0 Å². The first-order valence-electron chi connectivity index (χ1n) is 16.5. The van der Waals surface area contributed by atoms with Gasteiger partial charge in [-0.25, -0.2) is 20.0 Å². The van der Waals surface area contributed by atoms with Crippen molar-refractivity contribution in [1.29, 1.82) is 0 Å². The van der Waals surface area contributed by atoms with E-state index in [2.05, 4.69) is 21.2 Å². The lowest BCUT2D eigenvalue weighted by molar-refractivity contribution is -0.203. The molecule has 44 heavy (non-hydrogen) atoms. The Hall–Kier alpha value is -3.15. The van der Waals surface area contributed by atoms with E-state index in [1.54, 1.807) is 11.2 Å². The molecule has 2 N–H and O–H groups in total. The Morgan fingerprint density at radius 1 is 1.02 bits per heavy atom. The van der Waals surface area contributed by atoms with Gasteiger partial charge in [0.2, 0.25) is 11.8 Å². The molecule has 1 saturated carbocycles. The lowest BCUT2D eigenvalue weighted by atomic mass is 9.81. The summed E-state index contributed by atoms with van der Waals surface area (Å²) in [7, 11) is 0. The molecule has 2 aromatic rings. The van der Waals surface area contributed by atoms with E-state index in [1.807, 2.05) is 37.3 Å². The topological polar surface area (TPSA) is 128 Å². The molecule has 1 unspecified atom stereocenters. The second-order valence-corrected chi connectivity index (χ2v) is 12.3. The number of carbonyl (C=O) groups is 3. The van der Waals surface area contributed by atoms with Gasteiger partial charge in [-0.2, -0.15) is 0 Å². The predicted octanol–water partition coefficient (Wildman–Crippen LogP) is 4.74. The van der Waals surface area contributed by atoms with Crippen molar-refractivity contribution in [2.24, 2.45) is 17.8 Å². The highest BCUT2D eigenvalue weighted by Crippen LogP contribution is 2.31. The van der Waals surface area contributed by atoms with E-state index >= 15 is 0 Å². The normalized spacial score (nSPS) is 18.9. The Balaban J connectivity index is 1.46. The summed E-state index contributed by atoms with van der Waals surface area (Å²) in [5, 5.41) is 9.30. The third-order valence-electron chi connectivity index (χ3n) is 8.70. The third kappa shape index (κ3) is 11.4. The highest BCUT2D eigenvalue weighted by atomic mass is 16.8. The Bertz CT molecular complexity index is 1120. The zero-order valence-electron chi connectivity index (χ0n) is 26.2. The molecule has 0 bridgehead atoms. The summed E-state index contributed by atoms with van der Waals surface area (Å²) in [6, 6.07) is 9.69. The van der Waals surface area contributed by atoms with Crippen molar-refractivity contribution in [2.75, 3.05) is 13.2 Å². The average Bonchev–Trinajstić information content (AvgIpc) is 3.55. The van der Waals surface area contributed by atoms with Crippen LogP contribution in [0.3, 0.4) is 0 Å². The molecule has 1 aromatic heterocycles. The molecule has 1 aromatic carbocycles. The van der Waals surface area contributed by atoms with Gasteiger partial charge in [-0.15, -0.1) is 5.10 Å². The monoisotopic (exact) mass is 610 g/mol. The van der Waals surface area contributed by atoms with E-state index in [0.29, 0.717) is 31.9 Å². The van der Waals surface area contributed by atoms with E-state index in [4.69, 9.17) is 9.57 Å². The van der Waals surface area contributed by atoms with Crippen molar-refractivity contribution in [3.05, 3.63) is 48.3 Å². The van der Waals surface area contributed by atoms with Crippen LogP contribution in [0.4, 0.5) is 0 Å². The maximum absolute atomic E-state index is 14.0. The van der Waals surface area contributed by atoms with Crippen LogP contribution >= 0.6 is 0 Å². The fourth-order valence-electron chi connectivity index (χ4n) is 6.39. The molecule has 0 radical (unpaired) electrons. The number of Topliss-reactive ketones (excluding diaryl/α,β-unsaturated/α-hetero) is 1. The fourth-order valence-corrected chi connectivity index (χ4v) is 6.39. The highest BCUT2D eigenvalue weighted by molar-refractivity contribution is 5.87. The molecule has 1 aliphatic carbocycles. The number of hydrazine groups is 1. The zero-order valence-corrected chi connectivity index (χ0v) is 26.2. The van der Waals surface area contributed by atoms with Crippen LogP contribution in [0.5, 0.6) is 0 Å². The Morgan fingerprint density at radius 2 is 1.80 bits per heavy atom. The summed E-state index contributed by atoms with van der Waals surface area (Å²) in [6.07, 6.45) is 15.5. The summed E-state index contributed by atoms with van der Waals surface area (Å²) >= 11 is 0. The number of benzene rings is 1. The molecule has 0 spiro atoms. The number of hydrogen-bond donors (Lipinski definition) is 2. The molecule has 11 heteroatoms. The first kappa shape index (κ1) is 33.7. The summed E-state index contributed by atoms with van der Waals surface area (Å²) < 4.78 is 7.11. The highest BCUT2D eigenvalue weighted by Gasteiger charge is 2.35. The van der Waals surface area contributed by atoms with E-state index < -0.39 is 18.1 Å². The minimum absolute atomic E-state index is 0.0139. The number of amides is 2. The van der Waals surface area contributed by atoms with Crippen LogP contribution in [-0.2, 0) is 37.0 Å². The predicted molar refractivity (Wildman–Crippen MR) is 165 cm³/mol. The van der Waals surface area contributed by atoms with Crippen molar-refractivity contribution in [2.45, 2.75) is 110 Å². The zero-order chi connectivity index (χ0) is 31.0. The minimum Gasteiger partial charge on any atom is -0.350 e. The molecular weight excluding hydrogens is 560 g/mol. The number of rotatable bonds is 18. The Morgan fingerprint density at radius 3 is 2.50 bits per heavy atom.